The van der Waals surface area contributed by atoms with Gasteiger partial charge in [-0.05, 0) is 18.6 Å². The normalized spacial score (nSPS) is 11.6. The van der Waals surface area contributed by atoms with Crippen LogP contribution >= 0.6 is 0 Å². The first-order valence-corrected chi connectivity index (χ1v) is 5.77. The number of esters is 1. The summed E-state index contributed by atoms with van der Waals surface area (Å²) in [6, 6.07) is 9.71. The maximum absolute atomic E-state index is 11.5. The van der Waals surface area contributed by atoms with Crippen molar-refractivity contribution in [3.63, 3.8) is 0 Å². The standard InChI is InChI=1S/C14H19NO2/c1-4-8-13(11(2)14(16)17-3)15-12-9-6-5-7-10-12/h5-7,9-10,13,15H,2,4,8H2,1,3H3. The van der Waals surface area contributed by atoms with Crippen molar-refractivity contribution in [1.82, 2.24) is 0 Å². The van der Waals surface area contributed by atoms with E-state index in [1.54, 1.807) is 0 Å². The number of rotatable bonds is 6. The molecule has 92 valence electrons. The van der Waals surface area contributed by atoms with Crippen LogP contribution in [0.4, 0.5) is 5.69 Å². The fourth-order valence-corrected chi connectivity index (χ4v) is 1.63. The monoisotopic (exact) mass is 233 g/mol. The molecule has 0 radical (unpaired) electrons. The van der Waals surface area contributed by atoms with Gasteiger partial charge in [-0.15, -0.1) is 0 Å². The van der Waals surface area contributed by atoms with E-state index in [9.17, 15) is 4.79 Å². The summed E-state index contributed by atoms with van der Waals surface area (Å²) in [5.74, 6) is -0.355. The van der Waals surface area contributed by atoms with Gasteiger partial charge in [-0.2, -0.15) is 0 Å². The van der Waals surface area contributed by atoms with E-state index >= 15 is 0 Å². The lowest BCUT2D eigenvalue weighted by Crippen LogP contribution is -2.26. The first-order chi connectivity index (χ1) is 8.19. The van der Waals surface area contributed by atoms with Gasteiger partial charge in [0, 0.05) is 5.69 Å². The third-order valence-electron chi connectivity index (χ3n) is 2.56. The van der Waals surface area contributed by atoms with Crippen molar-refractivity contribution in [2.45, 2.75) is 25.8 Å². The maximum atomic E-state index is 11.5. The van der Waals surface area contributed by atoms with Crippen LogP contribution in [0, 0.1) is 0 Å². The van der Waals surface area contributed by atoms with Gasteiger partial charge in [-0.25, -0.2) is 4.79 Å². The summed E-state index contributed by atoms with van der Waals surface area (Å²) in [6.07, 6.45) is 1.82. The molecule has 0 aliphatic rings. The molecule has 0 amide bonds. The van der Waals surface area contributed by atoms with Gasteiger partial charge in [0.25, 0.3) is 0 Å². The third-order valence-corrected chi connectivity index (χ3v) is 2.56. The smallest absolute Gasteiger partial charge is 0.335 e. The molecule has 1 N–H and O–H groups in total. The molecular weight excluding hydrogens is 214 g/mol. The largest absolute Gasteiger partial charge is 0.466 e. The number of hydrogen-bond donors (Lipinski definition) is 1. The Bertz CT molecular complexity index is 373. The van der Waals surface area contributed by atoms with Crippen molar-refractivity contribution < 1.29 is 9.53 Å². The molecule has 1 rings (SSSR count). The number of para-hydroxylation sites is 1. The fraction of sp³-hybridized carbons (Fsp3) is 0.357. The lowest BCUT2D eigenvalue weighted by Gasteiger charge is -2.20. The van der Waals surface area contributed by atoms with Crippen LogP contribution in [0.25, 0.3) is 0 Å². The molecule has 1 aromatic rings. The number of hydrogen-bond acceptors (Lipinski definition) is 3. The molecule has 0 spiro atoms. The summed E-state index contributed by atoms with van der Waals surface area (Å²) < 4.78 is 4.70. The van der Waals surface area contributed by atoms with E-state index in [2.05, 4.69) is 18.8 Å². The number of ether oxygens (including phenoxy) is 1. The number of carbonyl (C=O) groups excluding carboxylic acids is 1. The van der Waals surface area contributed by atoms with Gasteiger partial charge in [0.15, 0.2) is 0 Å². The average molecular weight is 233 g/mol. The van der Waals surface area contributed by atoms with Gasteiger partial charge < -0.3 is 10.1 Å². The van der Waals surface area contributed by atoms with E-state index in [-0.39, 0.29) is 12.0 Å². The predicted octanol–water partition coefficient (Wildman–Crippen LogP) is 3.00. The molecule has 0 aliphatic heterocycles. The first kappa shape index (κ1) is 13.3. The number of benzene rings is 1. The van der Waals surface area contributed by atoms with E-state index in [1.165, 1.54) is 7.11 Å². The van der Waals surface area contributed by atoms with Gasteiger partial charge in [-0.3, -0.25) is 0 Å². The molecule has 3 heteroatoms. The fourth-order valence-electron chi connectivity index (χ4n) is 1.63. The summed E-state index contributed by atoms with van der Waals surface area (Å²) in [5.41, 5.74) is 1.45. The van der Waals surface area contributed by atoms with Crippen molar-refractivity contribution in [2.75, 3.05) is 12.4 Å². The molecule has 0 saturated heterocycles. The molecule has 1 atom stereocenters. The zero-order valence-electron chi connectivity index (χ0n) is 10.4. The first-order valence-electron chi connectivity index (χ1n) is 5.77. The molecule has 0 saturated carbocycles. The topological polar surface area (TPSA) is 38.3 Å². The van der Waals surface area contributed by atoms with Gasteiger partial charge >= 0.3 is 5.97 Å². The van der Waals surface area contributed by atoms with Crippen LogP contribution in [-0.2, 0) is 9.53 Å². The van der Waals surface area contributed by atoms with E-state index < -0.39 is 0 Å². The summed E-state index contributed by atoms with van der Waals surface area (Å²) >= 11 is 0. The Balaban J connectivity index is 2.73. The lowest BCUT2D eigenvalue weighted by atomic mass is 10.0. The molecule has 3 nitrogen and oxygen atoms in total. The second-order valence-corrected chi connectivity index (χ2v) is 3.87. The van der Waals surface area contributed by atoms with Crippen LogP contribution in [0.5, 0.6) is 0 Å². The summed E-state index contributed by atoms with van der Waals surface area (Å²) in [7, 11) is 1.37. The third kappa shape index (κ3) is 3.94. The predicted molar refractivity (Wildman–Crippen MR) is 69.9 cm³/mol. The Kier molecular flexibility index (Phi) is 5.27. The molecule has 0 heterocycles. The quantitative estimate of drug-likeness (QED) is 0.606. The average Bonchev–Trinajstić information content (AvgIpc) is 2.37. The Hall–Kier alpha value is -1.77. The number of methoxy groups -OCH3 is 1. The zero-order chi connectivity index (χ0) is 12.7. The van der Waals surface area contributed by atoms with Crippen LogP contribution in [-0.4, -0.2) is 19.1 Å². The van der Waals surface area contributed by atoms with Crippen LogP contribution in [0.15, 0.2) is 42.5 Å². The molecule has 0 fully saturated rings. The van der Waals surface area contributed by atoms with Crippen molar-refractivity contribution in [3.8, 4) is 0 Å². The Labute approximate surface area is 102 Å². The second kappa shape index (κ2) is 6.74. The van der Waals surface area contributed by atoms with E-state index in [4.69, 9.17) is 4.74 Å². The van der Waals surface area contributed by atoms with Gasteiger partial charge in [0.05, 0.1) is 18.7 Å². The number of nitrogens with one attached hydrogen (secondary N) is 1. The Morgan fingerprint density at radius 1 is 1.41 bits per heavy atom. The van der Waals surface area contributed by atoms with Crippen molar-refractivity contribution in [2.24, 2.45) is 0 Å². The van der Waals surface area contributed by atoms with Gasteiger partial charge in [0.1, 0.15) is 0 Å². The highest BCUT2D eigenvalue weighted by atomic mass is 16.5. The summed E-state index contributed by atoms with van der Waals surface area (Å²) in [5, 5.41) is 3.29. The van der Waals surface area contributed by atoms with Gasteiger partial charge in [-0.1, -0.05) is 38.1 Å². The highest BCUT2D eigenvalue weighted by Gasteiger charge is 2.18. The molecule has 0 bridgehead atoms. The van der Waals surface area contributed by atoms with Gasteiger partial charge in [0.2, 0.25) is 0 Å². The minimum Gasteiger partial charge on any atom is -0.466 e. The second-order valence-electron chi connectivity index (χ2n) is 3.87. The molecule has 0 aromatic heterocycles. The molecule has 17 heavy (non-hydrogen) atoms. The lowest BCUT2D eigenvalue weighted by molar-refractivity contribution is -0.136. The Morgan fingerprint density at radius 2 is 2.06 bits per heavy atom. The highest BCUT2D eigenvalue weighted by molar-refractivity contribution is 5.89. The molecular formula is C14H19NO2. The van der Waals surface area contributed by atoms with Crippen molar-refractivity contribution in [3.05, 3.63) is 42.5 Å². The summed E-state index contributed by atoms with van der Waals surface area (Å²) in [6.45, 7) is 5.88. The van der Waals surface area contributed by atoms with Crippen molar-refractivity contribution in [1.29, 1.82) is 0 Å². The Morgan fingerprint density at radius 3 is 2.59 bits per heavy atom. The van der Waals surface area contributed by atoms with E-state index in [0.29, 0.717) is 5.57 Å². The SMILES string of the molecule is C=C(C(=O)OC)C(CCC)Nc1ccccc1. The minimum absolute atomic E-state index is 0.0742. The summed E-state index contributed by atoms with van der Waals surface area (Å²) in [4.78, 5) is 11.5. The van der Waals surface area contributed by atoms with Crippen LogP contribution in [0.3, 0.4) is 0 Å². The molecule has 1 aromatic carbocycles. The highest BCUT2D eigenvalue weighted by Crippen LogP contribution is 2.16. The van der Waals surface area contributed by atoms with Crippen molar-refractivity contribution >= 4 is 11.7 Å². The van der Waals surface area contributed by atoms with Crippen LogP contribution in [0.1, 0.15) is 19.8 Å². The van der Waals surface area contributed by atoms with Crippen LogP contribution in [0.2, 0.25) is 0 Å². The maximum Gasteiger partial charge on any atom is 0.335 e. The van der Waals surface area contributed by atoms with Crippen LogP contribution < -0.4 is 5.32 Å². The molecule has 1 unspecified atom stereocenters. The molecule has 0 aliphatic carbocycles. The minimum atomic E-state index is -0.355. The number of carbonyl (C=O) groups is 1. The van der Waals surface area contributed by atoms with E-state index in [1.807, 2.05) is 30.3 Å². The zero-order valence-corrected chi connectivity index (χ0v) is 10.4. The number of anilines is 1. The van der Waals surface area contributed by atoms with E-state index in [0.717, 1.165) is 18.5 Å².